The van der Waals surface area contributed by atoms with Crippen LogP contribution in [0.1, 0.15) is 18.4 Å². The zero-order chi connectivity index (χ0) is 21.5. The van der Waals surface area contributed by atoms with Gasteiger partial charge in [-0.1, -0.05) is 24.3 Å². The van der Waals surface area contributed by atoms with Crippen LogP contribution in [0, 0.1) is 5.82 Å². The summed E-state index contributed by atoms with van der Waals surface area (Å²) in [5.41, 5.74) is 0.995. The fourth-order valence-corrected chi connectivity index (χ4v) is 4.79. The average molecular weight is 435 g/mol. The van der Waals surface area contributed by atoms with Crippen molar-refractivity contribution in [3.63, 3.8) is 0 Å². The molecular weight excluding hydrogens is 417 g/mol. The van der Waals surface area contributed by atoms with E-state index in [1.807, 2.05) is 24.3 Å². The number of anilines is 1. The maximum atomic E-state index is 14.4. The first-order chi connectivity index (χ1) is 15.0. The summed E-state index contributed by atoms with van der Waals surface area (Å²) in [6.45, 7) is 0.926. The molecule has 5 rings (SSSR count). The molecule has 0 radical (unpaired) electrons. The molecule has 0 atom stereocenters. The minimum absolute atomic E-state index is 0.0653. The molecule has 1 aliphatic rings. The molecule has 6 nitrogen and oxygen atoms in total. The number of amides is 1. The fourth-order valence-electron chi connectivity index (χ4n) is 3.97. The van der Waals surface area contributed by atoms with E-state index in [4.69, 9.17) is 0 Å². The molecule has 1 aliphatic heterocycles. The molecule has 0 saturated carbocycles. The summed E-state index contributed by atoms with van der Waals surface area (Å²) in [6.07, 6.45) is 1.41. The predicted octanol–water partition coefficient (Wildman–Crippen LogP) is 3.53. The standard InChI is InChI=1S/C23H18FN3O3S/c24-17-4-1-2-5-18(17)27-22(29)21-19(11-13-31-21)26(23(27)30)14-15-7-9-16(10-8-15)25-12-3-6-20(25)28/h1-2,4-5,7-11,13H,3,6,12,14H2. The Balaban J connectivity index is 1.60. The van der Waals surface area contributed by atoms with Gasteiger partial charge in [-0.15, -0.1) is 11.3 Å². The summed E-state index contributed by atoms with van der Waals surface area (Å²) in [6, 6.07) is 14.9. The molecule has 4 aromatic rings. The van der Waals surface area contributed by atoms with Crippen molar-refractivity contribution >= 4 is 33.1 Å². The summed E-state index contributed by atoms with van der Waals surface area (Å²) in [5.74, 6) is -0.523. The second kappa shape index (κ2) is 7.63. The number of aromatic nitrogens is 2. The van der Waals surface area contributed by atoms with Crippen molar-refractivity contribution in [2.75, 3.05) is 11.4 Å². The summed E-state index contributed by atoms with van der Waals surface area (Å²) in [4.78, 5) is 40.0. The van der Waals surface area contributed by atoms with Crippen molar-refractivity contribution in [1.82, 2.24) is 9.13 Å². The van der Waals surface area contributed by atoms with Crippen LogP contribution in [0.4, 0.5) is 10.1 Å². The third kappa shape index (κ3) is 3.29. The Kier molecular flexibility index (Phi) is 4.78. The Labute approximate surface area is 180 Å². The Hall–Kier alpha value is -3.52. The Morgan fingerprint density at radius 1 is 0.968 bits per heavy atom. The highest BCUT2D eigenvalue weighted by Gasteiger charge is 2.22. The van der Waals surface area contributed by atoms with Crippen molar-refractivity contribution in [3.8, 4) is 5.69 Å². The second-order valence-electron chi connectivity index (χ2n) is 7.41. The van der Waals surface area contributed by atoms with E-state index >= 15 is 0 Å². The van der Waals surface area contributed by atoms with Crippen LogP contribution in [0.25, 0.3) is 15.9 Å². The van der Waals surface area contributed by atoms with Gasteiger partial charge in [-0.25, -0.2) is 13.8 Å². The van der Waals surface area contributed by atoms with Crippen LogP contribution in [0.5, 0.6) is 0 Å². The van der Waals surface area contributed by atoms with Gasteiger partial charge in [0, 0.05) is 18.7 Å². The number of halogens is 1. The van der Waals surface area contributed by atoms with Crippen LogP contribution in [-0.4, -0.2) is 21.6 Å². The van der Waals surface area contributed by atoms with Crippen LogP contribution < -0.4 is 16.1 Å². The quantitative estimate of drug-likeness (QED) is 0.493. The number of hydrogen-bond donors (Lipinski definition) is 0. The van der Waals surface area contributed by atoms with Crippen LogP contribution in [0.15, 0.2) is 69.6 Å². The molecule has 0 aliphatic carbocycles. The van der Waals surface area contributed by atoms with Crippen LogP contribution >= 0.6 is 11.3 Å². The van der Waals surface area contributed by atoms with Gasteiger partial charge in [0.1, 0.15) is 10.5 Å². The lowest BCUT2D eigenvalue weighted by molar-refractivity contribution is -0.117. The summed E-state index contributed by atoms with van der Waals surface area (Å²) in [5, 5.41) is 1.75. The number of rotatable bonds is 4. The molecule has 31 heavy (non-hydrogen) atoms. The number of thiophene rings is 1. The van der Waals surface area contributed by atoms with E-state index in [1.165, 1.54) is 34.1 Å². The number of nitrogens with zero attached hydrogens (tertiary/aromatic N) is 3. The summed E-state index contributed by atoms with van der Waals surface area (Å²) < 4.78 is 17.2. The Morgan fingerprint density at radius 2 is 1.74 bits per heavy atom. The molecule has 0 spiro atoms. The molecule has 0 bridgehead atoms. The lowest BCUT2D eigenvalue weighted by Crippen LogP contribution is -2.39. The highest BCUT2D eigenvalue weighted by molar-refractivity contribution is 7.17. The summed E-state index contributed by atoms with van der Waals surface area (Å²) in [7, 11) is 0. The van der Waals surface area contributed by atoms with Gasteiger partial charge in [0.2, 0.25) is 5.91 Å². The third-order valence-corrected chi connectivity index (χ3v) is 6.40. The zero-order valence-electron chi connectivity index (χ0n) is 16.5. The van der Waals surface area contributed by atoms with E-state index in [-0.39, 0.29) is 18.1 Å². The molecule has 1 amide bonds. The molecule has 2 aromatic carbocycles. The molecule has 0 N–H and O–H groups in total. The largest absolute Gasteiger partial charge is 0.336 e. The van der Waals surface area contributed by atoms with E-state index in [0.29, 0.717) is 23.2 Å². The predicted molar refractivity (Wildman–Crippen MR) is 119 cm³/mol. The smallest absolute Gasteiger partial charge is 0.312 e. The minimum atomic E-state index is -0.635. The zero-order valence-corrected chi connectivity index (χ0v) is 17.3. The molecule has 3 heterocycles. The monoisotopic (exact) mass is 435 g/mol. The molecule has 0 unspecified atom stereocenters. The van der Waals surface area contributed by atoms with Gasteiger partial charge in [0.15, 0.2) is 0 Å². The van der Waals surface area contributed by atoms with Gasteiger partial charge in [-0.3, -0.25) is 14.2 Å². The van der Waals surface area contributed by atoms with Crippen molar-refractivity contribution in [1.29, 1.82) is 0 Å². The van der Waals surface area contributed by atoms with Gasteiger partial charge >= 0.3 is 5.69 Å². The van der Waals surface area contributed by atoms with Crippen molar-refractivity contribution in [3.05, 3.63) is 92.2 Å². The van der Waals surface area contributed by atoms with Crippen LogP contribution in [0.2, 0.25) is 0 Å². The van der Waals surface area contributed by atoms with E-state index in [9.17, 15) is 18.8 Å². The maximum absolute atomic E-state index is 14.4. The van der Waals surface area contributed by atoms with Crippen LogP contribution in [0.3, 0.4) is 0 Å². The highest BCUT2D eigenvalue weighted by atomic mass is 32.1. The molecule has 8 heteroatoms. The topological polar surface area (TPSA) is 64.3 Å². The first kappa shape index (κ1) is 19.4. The highest BCUT2D eigenvalue weighted by Crippen LogP contribution is 2.23. The van der Waals surface area contributed by atoms with Crippen molar-refractivity contribution < 1.29 is 9.18 Å². The molecule has 1 saturated heterocycles. The first-order valence-corrected chi connectivity index (χ1v) is 10.8. The summed E-state index contributed by atoms with van der Waals surface area (Å²) >= 11 is 1.22. The third-order valence-electron chi connectivity index (χ3n) is 5.51. The van der Waals surface area contributed by atoms with Gasteiger partial charge in [0.25, 0.3) is 5.56 Å². The number of para-hydroxylation sites is 1. The average Bonchev–Trinajstić information content (AvgIpc) is 3.42. The van der Waals surface area contributed by atoms with Crippen molar-refractivity contribution in [2.45, 2.75) is 19.4 Å². The van der Waals surface area contributed by atoms with Gasteiger partial charge in [-0.2, -0.15) is 0 Å². The number of carbonyl (C=O) groups excluding carboxylic acids is 1. The first-order valence-electron chi connectivity index (χ1n) is 9.92. The molecule has 156 valence electrons. The lowest BCUT2D eigenvalue weighted by atomic mass is 10.2. The Morgan fingerprint density at radius 3 is 2.45 bits per heavy atom. The Bertz CT molecular complexity index is 1420. The van der Waals surface area contributed by atoms with Crippen LogP contribution in [-0.2, 0) is 11.3 Å². The number of fused-ring (bicyclic) bond motifs is 1. The van der Waals surface area contributed by atoms with E-state index in [2.05, 4.69) is 0 Å². The lowest BCUT2D eigenvalue weighted by Gasteiger charge is -2.16. The second-order valence-corrected chi connectivity index (χ2v) is 8.33. The maximum Gasteiger partial charge on any atom is 0.336 e. The number of carbonyl (C=O) groups is 1. The van der Waals surface area contributed by atoms with Crippen molar-refractivity contribution in [2.24, 2.45) is 0 Å². The molecule has 1 fully saturated rings. The van der Waals surface area contributed by atoms with Gasteiger partial charge < -0.3 is 4.90 Å². The normalized spacial score (nSPS) is 14.0. The SMILES string of the molecule is O=C1CCCN1c1ccc(Cn2c(=O)n(-c3ccccc3F)c(=O)c3sccc32)cc1. The molecular formula is C23H18FN3O3S. The molecule has 2 aromatic heterocycles. The number of hydrogen-bond acceptors (Lipinski definition) is 4. The van der Waals surface area contributed by atoms with E-state index in [0.717, 1.165) is 22.2 Å². The van der Waals surface area contributed by atoms with Gasteiger partial charge in [0.05, 0.1) is 17.7 Å². The number of benzene rings is 2. The minimum Gasteiger partial charge on any atom is -0.312 e. The van der Waals surface area contributed by atoms with E-state index in [1.54, 1.807) is 22.4 Å². The fraction of sp³-hybridized carbons (Fsp3) is 0.174. The van der Waals surface area contributed by atoms with E-state index < -0.39 is 17.1 Å². The van der Waals surface area contributed by atoms with Gasteiger partial charge in [-0.05, 0) is 47.7 Å².